The Morgan fingerprint density at radius 2 is 2.05 bits per heavy atom. The van der Waals surface area contributed by atoms with Crippen molar-refractivity contribution < 1.29 is 4.42 Å². The molecular formula is C16H23N5O. The zero-order valence-electron chi connectivity index (χ0n) is 13.2. The van der Waals surface area contributed by atoms with E-state index in [0.29, 0.717) is 6.54 Å². The summed E-state index contributed by atoms with van der Waals surface area (Å²) in [5.41, 5.74) is 0. The lowest BCUT2D eigenvalue weighted by molar-refractivity contribution is 0.270. The second-order valence-electron chi connectivity index (χ2n) is 5.51. The molecule has 0 radical (unpaired) electrons. The lowest BCUT2D eigenvalue weighted by Gasteiger charge is -2.34. The zero-order valence-corrected chi connectivity index (χ0v) is 13.2. The van der Waals surface area contributed by atoms with Gasteiger partial charge < -0.3 is 19.5 Å². The third kappa shape index (κ3) is 3.57. The van der Waals surface area contributed by atoms with Crippen molar-refractivity contribution in [2.75, 3.05) is 42.9 Å². The molecule has 1 saturated heterocycles. The molecule has 0 aliphatic carbocycles. The van der Waals surface area contributed by atoms with Crippen LogP contribution in [-0.2, 0) is 6.54 Å². The van der Waals surface area contributed by atoms with Crippen molar-refractivity contribution >= 4 is 11.6 Å². The number of nitrogens with zero attached hydrogens (tertiary/aromatic N) is 4. The van der Waals surface area contributed by atoms with E-state index in [1.807, 2.05) is 25.1 Å². The number of aromatic nitrogens is 2. The van der Waals surface area contributed by atoms with Gasteiger partial charge in [0, 0.05) is 32.2 Å². The smallest absolute Gasteiger partial charge is 0.134 e. The van der Waals surface area contributed by atoms with Gasteiger partial charge in [0.2, 0.25) is 0 Å². The van der Waals surface area contributed by atoms with Crippen LogP contribution in [0, 0.1) is 6.92 Å². The summed E-state index contributed by atoms with van der Waals surface area (Å²) in [4.78, 5) is 13.8. The Hall–Kier alpha value is -2.08. The van der Waals surface area contributed by atoms with Crippen molar-refractivity contribution in [1.29, 1.82) is 0 Å². The van der Waals surface area contributed by atoms with E-state index in [1.54, 1.807) is 6.26 Å². The lowest BCUT2D eigenvalue weighted by atomic mass is 10.3. The Bertz CT molecular complexity index is 591. The highest BCUT2D eigenvalue weighted by Crippen LogP contribution is 2.18. The van der Waals surface area contributed by atoms with Gasteiger partial charge in [-0.05, 0) is 25.6 Å². The molecule has 118 valence electrons. The van der Waals surface area contributed by atoms with Crippen LogP contribution in [0.15, 0.2) is 28.9 Å². The van der Waals surface area contributed by atoms with E-state index in [9.17, 15) is 0 Å². The lowest BCUT2D eigenvalue weighted by Crippen LogP contribution is -2.46. The number of aryl methyl sites for hydroxylation is 1. The SMILES string of the molecule is CCN1CCN(c2cc(NCc3ccco3)nc(C)n2)CC1. The van der Waals surface area contributed by atoms with E-state index < -0.39 is 0 Å². The molecule has 0 atom stereocenters. The number of piperazine rings is 1. The molecule has 22 heavy (non-hydrogen) atoms. The summed E-state index contributed by atoms with van der Waals surface area (Å²) in [6.45, 7) is 10.1. The molecule has 0 aromatic carbocycles. The van der Waals surface area contributed by atoms with Crippen LogP contribution < -0.4 is 10.2 Å². The fraction of sp³-hybridized carbons (Fsp3) is 0.500. The van der Waals surface area contributed by atoms with Gasteiger partial charge in [0.05, 0.1) is 12.8 Å². The molecule has 0 saturated carbocycles. The summed E-state index contributed by atoms with van der Waals surface area (Å²) < 4.78 is 5.33. The summed E-state index contributed by atoms with van der Waals surface area (Å²) in [7, 11) is 0. The number of anilines is 2. The first kappa shape index (κ1) is 14.8. The molecular weight excluding hydrogens is 278 g/mol. The van der Waals surface area contributed by atoms with Gasteiger partial charge in [0.15, 0.2) is 0 Å². The first-order valence-corrected chi connectivity index (χ1v) is 7.84. The molecule has 3 heterocycles. The van der Waals surface area contributed by atoms with E-state index in [2.05, 4.69) is 32.0 Å². The van der Waals surface area contributed by atoms with Gasteiger partial charge in [0.25, 0.3) is 0 Å². The highest BCUT2D eigenvalue weighted by atomic mass is 16.3. The molecule has 0 unspecified atom stereocenters. The second kappa shape index (κ2) is 6.79. The Labute approximate surface area is 131 Å². The Morgan fingerprint density at radius 3 is 2.73 bits per heavy atom. The fourth-order valence-electron chi connectivity index (χ4n) is 2.69. The van der Waals surface area contributed by atoms with Crippen molar-refractivity contribution in [2.45, 2.75) is 20.4 Å². The molecule has 2 aromatic heterocycles. The summed E-state index contributed by atoms with van der Waals surface area (Å²) >= 11 is 0. The summed E-state index contributed by atoms with van der Waals surface area (Å²) in [6.07, 6.45) is 1.68. The molecule has 2 aromatic rings. The zero-order chi connectivity index (χ0) is 15.4. The minimum atomic E-state index is 0.631. The highest BCUT2D eigenvalue weighted by Gasteiger charge is 2.17. The summed E-state index contributed by atoms with van der Waals surface area (Å²) in [5, 5.41) is 3.31. The van der Waals surface area contributed by atoms with Crippen LogP contribution in [0.1, 0.15) is 18.5 Å². The second-order valence-corrected chi connectivity index (χ2v) is 5.51. The molecule has 3 rings (SSSR count). The quantitative estimate of drug-likeness (QED) is 0.913. The average Bonchev–Trinajstić information content (AvgIpc) is 3.06. The summed E-state index contributed by atoms with van der Waals surface area (Å²) in [5.74, 6) is 3.54. The van der Waals surface area contributed by atoms with E-state index in [4.69, 9.17) is 4.42 Å². The van der Waals surface area contributed by atoms with Crippen molar-refractivity contribution in [2.24, 2.45) is 0 Å². The van der Waals surface area contributed by atoms with E-state index in [-0.39, 0.29) is 0 Å². The maximum atomic E-state index is 5.33. The van der Waals surface area contributed by atoms with Gasteiger partial charge in [0.1, 0.15) is 23.2 Å². The molecule has 1 N–H and O–H groups in total. The largest absolute Gasteiger partial charge is 0.467 e. The monoisotopic (exact) mass is 301 g/mol. The van der Waals surface area contributed by atoms with Crippen molar-refractivity contribution in [3.63, 3.8) is 0 Å². The number of rotatable bonds is 5. The third-order valence-corrected chi connectivity index (χ3v) is 3.99. The molecule has 0 bridgehead atoms. The van der Waals surface area contributed by atoms with Gasteiger partial charge in [-0.1, -0.05) is 6.92 Å². The molecule has 1 aliphatic heterocycles. The fourth-order valence-corrected chi connectivity index (χ4v) is 2.69. The molecule has 6 nitrogen and oxygen atoms in total. The molecule has 0 spiro atoms. The predicted octanol–water partition coefficient (Wildman–Crippen LogP) is 2.13. The van der Waals surface area contributed by atoms with Crippen LogP contribution in [0.5, 0.6) is 0 Å². The van der Waals surface area contributed by atoms with Crippen molar-refractivity contribution in [3.8, 4) is 0 Å². The van der Waals surface area contributed by atoms with Gasteiger partial charge in [-0.15, -0.1) is 0 Å². The molecule has 0 amide bonds. The van der Waals surface area contributed by atoms with Crippen LogP contribution in [0.4, 0.5) is 11.6 Å². The number of furan rings is 1. The standard InChI is InChI=1S/C16H23N5O/c1-3-20-6-8-21(9-7-20)16-11-15(18-13(2)19-16)17-12-14-5-4-10-22-14/h4-5,10-11H,3,6-9,12H2,1-2H3,(H,17,18,19). The van der Waals surface area contributed by atoms with Gasteiger partial charge in [-0.3, -0.25) is 0 Å². The maximum Gasteiger partial charge on any atom is 0.134 e. The number of likely N-dealkylation sites (N-methyl/N-ethyl adjacent to an activating group) is 1. The van der Waals surface area contributed by atoms with E-state index in [1.165, 1.54) is 0 Å². The van der Waals surface area contributed by atoms with Crippen LogP contribution in [-0.4, -0.2) is 47.6 Å². The number of hydrogen-bond donors (Lipinski definition) is 1. The molecule has 6 heteroatoms. The van der Waals surface area contributed by atoms with Gasteiger partial charge >= 0.3 is 0 Å². The molecule has 1 fully saturated rings. The Balaban J connectivity index is 1.67. The number of hydrogen-bond acceptors (Lipinski definition) is 6. The molecule has 1 aliphatic rings. The maximum absolute atomic E-state index is 5.33. The third-order valence-electron chi connectivity index (χ3n) is 3.99. The Morgan fingerprint density at radius 1 is 1.23 bits per heavy atom. The topological polar surface area (TPSA) is 57.4 Å². The van der Waals surface area contributed by atoms with E-state index in [0.717, 1.165) is 55.9 Å². The Kier molecular flexibility index (Phi) is 4.58. The van der Waals surface area contributed by atoms with Crippen LogP contribution in [0.2, 0.25) is 0 Å². The van der Waals surface area contributed by atoms with Crippen LogP contribution >= 0.6 is 0 Å². The van der Waals surface area contributed by atoms with Crippen LogP contribution in [0.3, 0.4) is 0 Å². The predicted molar refractivity (Wildman–Crippen MR) is 87.1 cm³/mol. The van der Waals surface area contributed by atoms with Gasteiger partial charge in [-0.25, -0.2) is 9.97 Å². The first-order valence-electron chi connectivity index (χ1n) is 7.84. The van der Waals surface area contributed by atoms with Crippen molar-refractivity contribution in [3.05, 3.63) is 36.0 Å². The normalized spacial score (nSPS) is 16.0. The minimum absolute atomic E-state index is 0.631. The highest BCUT2D eigenvalue weighted by molar-refractivity contribution is 5.49. The summed E-state index contributed by atoms with van der Waals surface area (Å²) in [6, 6.07) is 5.87. The first-order chi connectivity index (χ1) is 10.7. The van der Waals surface area contributed by atoms with Crippen molar-refractivity contribution in [1.82, 2.24) is 14.9 Å². The van der Waals surface area contributed by atoms with Crippen LogP contribution in [0.25, 0.3) is 0 Å². The van der Waals surface area contributed by atoms with Gasteiger partial charge in [-0.2, -0.15) is 0 Å². The van der Waals surface area contributed by atoms with E-state index >= 15 is 0 Å². The minimum Gasteiger partial charge on any atom is -0.467 e. The number of nitrogens with one attached hydrogen (secondary N) is 1. The average molecular weight is 301 g/mol.